The highest BCUT2D eigenvalue weighted by Gasteiger charge is 2.72. The third kappa shape index (κ3) is 2.92. The summed E-state index contributed by atoms with van der Waals surface area (Å²) in [7, 11) is 0. The monoisotopic (exact) mass is 540 g/mol. The van der Waals surface area contributed by atoms with E-state index in [2.05, 4.69) is 5.32 Å². The van der Waals surface area contributed by atoms with Gasteiger partial charge in [-0.05, 0) is 33.7 Å². The second-order valence-corrected chi connectivity index (χ2v) is 11.3. The summed E-state index contributed by atoms with van der Waals surface area (Å²) in [5.74, 6) is -2.78. The lowest BCUT2D eigenvalue weighted by molar-refractivity contribution is -0.140. The minimum atomic E-state index is -1.22. The Morgan fingerprint density at radius 1 is 0.711 bits per heavy atom. The van der Waals surface area contributed by atoms with Crippen LogP contribution in [0.3, 0.4) is 0 Å². The molecule has 1 saturated heterocycles. The molecular weight excluding hydrogens is 519 g/mol. The summed E-state index contributed by atoms with van der Waals surface area (Å²) in [6.07, 6.45) is -0.0371. The number of nitrogens with one attached hydrogen (secondary N) is 1. The van der Waals surface area contributed by atoms with Crippen LogP contribution in [-0.4, -0.2) is 29.2 Å². The molecule has 5 nitrogen and oxygen atoms in total. The van der Waals surface area contributed by atoms with Gasteiger partial charge in [0.1, 0.15) is 9.75 Å². The maximum Gasteiger partial charge on any atom is 0.235 e. The number of alkyl halides is 2. The molecule has 3 aliphatic carbocycles. The number of fused-ring (bicyclic) bond motifs is 1. The summed E-state index contributed by atoms with van der Waals surface area (Å²) >= 11 is 14.9. The maximum atomic E-state index is 13.9. The zero-order valence-corrected chi connectivity index (χ0v) is 21.7. The van der Waals surface area contributed by atoms with Gasteiger partial charge in [-0.25, -0.2) is 0 Å². The molecule has 0 aromatic heterocycles. The molecule has 188 valence electrons. The van der Waals surface area contributed by atoms with E-state index in [0.717, 1.165) is 33.0 Å². The van der Waals surface area contributed by atoms with E-state index in [4.69, 9.17) is 23.2 Å². The predicted molar refractivity (Wildman–Crippen MR) is 147 cm³/mol. The van der Waals surface area contributed by atoms with Crippen LogP contribution in [0.2, 0.25) is 0 Å². The molecule has 4 aliphatic rings. The van der Waals surface area contributed by atoms with Gasteiger partial charge >= 0.3 is 0 Å². The highest BCUT2D eigenvalue weighted by Crippen LogP contribution is 2.69. The van der Waals surface area contributed by atoms with Crippen molar-refractivity contribution < 1.29 is 14.4 Å². The number of hydrogen-bond donors (Lipinski definition) is 1. The van der Waals surface area contributed by atoms with Crippen LogP contribution in [0.15, 0.2) is 91.0 Å². The van der Waals surface area contributed by atoms with E-state index >= 15 is 0 Å². The Labute approximate surface area is 229 Å². The molecule has 2 atom stereocenters. The Morgan fingerprint density at radius 2 is 1.18 bits per heavy atom. The highest BCUT2D eigenvalue weighted by atomic mass is 35.5. The van der Waals surface area contributed by atoms with Gasteiger partial charge in [0.05, 0.1) is 11.8 Å². The van der Waals surface area contributed by atoms with Crippen LogP contribution in [0.4, 0.5) is 5.69 Å². The quantitative estimate of drug-likeness (QED) is 0.264. The molecule has 4 aromatic carbocycles. The molecule has 0 radical (unpaired) electrons. The lowest BCUT2D eigenvalue weighted by Gasteiger charge is -2.54. The van der Waals surface area contributed by atoms with Crippen molar-refractivity contribution in [2.75, 3.05) is 11.9 Å². The average Bonchev–Trinajstić information content (AvgIpc) is 3.21. The Kier molecular flexibility index (Phi) is 5.04. The van der Waals surface area contributed by atoms with Crippen LogP contribution in [0.1, 0.15) is 28.7 Å². The first-order valence-electron chi connectivity index (χ1n) is 12.6. The third-order valence-electron chi connectivity index (χ3n) is 8.30. The third-order valence-corrected chi connectivity index (χ3v) is 9.59. The Hall–Kier alpha value is -3.67. The van der Waals surface area contributed by atoms with Gasteiger partial charge in [-0.2, -0.15) is 0 Å². The molecule has 1 N–H and O–H groups in total. The molecule has 8 rings (SSSR count). The number of anilines is 1. The number of likely N-dealkylation sites (tertiary alicyclic amines) is 1. The molecule has 1 fully saturated rings. The van der Waals surface area contributed by atoms with Crippen LogP contribution in [0.5, 0.6) is 0 Å². The van der Waals surface area contributed by atoms with Gasteiger partial charge in [-0.1, -0.05) is 84.9 Å². The maximum absolute atomic E-state index is 13.9. The van der Waals surface area contributed by atoms with Crippen molar-refractivity contribution in [3.05, 3.63) is 113 Å². The minimum Gasteiger partial charge on any atom is -0.325 e. The summed E-state index contributed by atoms with van der Waals surface area (Å²) in [5, 5.41) is 4.86. The lowest BCUT2D eigenvalue weighted by Crippen LogP contribution is -2.57. The molecule has 4 aromatic rings. The number of imide groups is 1. The summed E-state index contributed by atoms with van der Waals surface area (Å²) < 4.78 is 0. The number of nitrogens with zero attached hydrogens (tertiary/aromatic N) is 1. The van der Waals surface area contributed by atoms with Crippen molar-refractivity contribution in [1.82, 2.24) is 4.90 Å². The van der Waals surface area contributed by atoms with Crippen molar-refractivity contribution in [3.8, 4) is 0 Å². The molecular formula is C31H22Cl2N2O3. The molecule has 0 unspecified atom stereocenters. The first kappa shape index (κ1) is 23.4. The SMILES string of the molecule is O=C(CCN1C(=O)[C@@H]2[C@H](C1=O)C1(Cl)c3ccccc3C2(Cl)c2ccccc21)Nc1cccc2ccccc12. The number of carbonyl (C=O) groups is 3. The van der Waals surface area contributed by atoms with Gasteiger partial charge in [0.2, 0.25) is 17.7 Å². The van der Waals surface area contributed by atoms with Crippen molar-refractivity contribution in [3.63, 3.8) is 0 Å². The van der Waals surface area contributed by atoms with Crippen molar-refractivity contribution in [1.29, 1.82) is 0 Å². The Morgan fingerprint density at radius 3 is 1.74 bits per heavy atom. The first-order chi connectivity index (χ1) is 18.4. The number of benzene rings is 4. The summed E-state index contributed by atoms with van der Waals surface area (Å²) in [6, 6.07) is 28.5. The van der Waals surface area contributed by atoms with E-state index in [9.17, 15) is 14.4 Å². The molecule has 3 amide bonds. The standard InChI is InChI=1S/C31H22Cl2N2O3/c32-30-20-11-3-4-12-21(20)31(33,23-14-6-5-13-22(23)30)27-26(30)28(37)35(29(27)38)17-16-25(36)34-24-15-7-9-18-8-1-2-10-19(18)24/h1-15,26-27H,16-17H2,(H,34,36)/t26-,27+,30?,31?. The predicted octanol–water partition coefficient (Wildman–Crippen LogP) is 5.76. The molecule has 38 heavy (non-hydrogen) atoms. The van der Waals surface area contributed by atoms with Crippen LogP contribution >= 0.6 is 23.2 Å². The summed E-state index contributed by atoms with van der Waals surface area (Å²) in [6.45, 7) is -0.0477. The van der Waals surface area contributed by atoms with Crippen LogP contribution in [0.25, 0.3) is 10.8 Å². The van der Waals surface area contributed by atoms with Gasteiger partial charge in [-0.3, -0.25) is 19.3 Å². The average molecular weight is 541 g/mol. The van der Waals surface area contributed by atoms with Crippen LogP contribution in [0, 0.1) is 11.8 Å². The number of halogens is 2. The largest absolute Gasteiger partial charge is 0.325 e. The normalized spacial score (nSPS) is 26.7. The fourth-order valence-electron chi connectivity index (χ4n) is 6.71. The number of hydrogen-bond acceptors (Lipinski definition) is 3. The summed E-state index contributed by atoms with van der Waals surface area (Å²) in [5.41, 5.74) is 3.72. The fourth-order valence-corrected chi connectivity index (χ4v) is 7.80. The van der Waals surface area contributed by atoms with Crippen molar-refractivity contribution in [2.45, 2.75) is 16.2 Å². The Bertz CT molecular complexity index is 1560. The number of rotatable bonds is 4. The van der Waals surface area contributed by atoms with Crippen molar-refractivity contribution in [2.24, 2.45) is 11.8 Å². The van der Waals surface area contributed by atoms with Gasteiger partial charge in [-0.15, -0.1) is 23.2 Å². The van der Waals surface area contributed by atoms with E-state index in [0.29, 0.717) is 5.69 Å². The van der Waals surface area contributed by atoms with Crippen molar-refractivity contribution >= 4 is 57.4 Å². The molecule has 0 saturated carbocycles. The second kappa shape index (κ2) is 8.16. The van der Waals surface area contributed by atoms with E-state index < -0.39 is 21.6 Å². The summed E-state index contributed by atoms with van der Waals surface area (Å²) in [4.78, 5) is 39.5. The smallest absolute Gasteiger partial charge is 0.235 e. The first-order valence-corrected chi connectivity index (χ1v) is 13.3. The molecule has 1 aliphatic heterocycles. The zero-order chi connectivity index (χ0) is 26.2. The molecule has 1 heterocycles. The van der Waals surface area contributed by atoms with Gasteiger partial charge in [0, 0.05) is 24.0 Å². The van der Waals surface area contributed by atoms with E-state index in [1.165, 1.54) is 4.90 Å². The molecule has 2 bridgehead atoms. The van der Waals surface area contributed by atoms with E-state index in [1.54, 1.807) is 0 Å². The minimum absolute atomic E-state index is 0.0371. The zero-order valence-electron chi connectivity index (χ0n) is 20.2. The van der Waals surface area contributed by atoms with Gasteiger partial charge < -0.3 is 5.32 Å². The van der Waals surface area contributed by atoms with E-state index in [1.807, 2.05) is 91.0 Å². The molecule has 7 heteroatoms. The number of amides is 3. The van der Waals surface area contributed by atoms with Gasteiger partial charge in [0.15, 0.2) is 0 Å². The van der Waals surface area contributed by atoms with Gasteiger partial charge in [0.25, 0.3) is 0 Å². The fraction of sp³-hybridized carbons (Fsp3) is 0.194. The van der Waals surface area contributed by atoms with E-state index in [-0.39, 0.29) is 30.7 Å². The lowest BCUT2D eigenvalue weighted by atomic mass is 9.54. The highest BCUT2D eigenvalue weighted by molar-refractivity contribution is 6.36. The topological polar surface area (TPSA) is 66.5 Å². The Balaban J connectivity index is 1.21. The van der Waals surface area contributed by atoms with Crippen LogP contribution in [-0.2, 0) is 24.1 Å². The molecule has 0 spiro atoms. The number of carbonyl (C=O) groups excluding carboxylic acids is 3. The van der Waals surface area contributed by atoms with Crippen LogP contribution < -0.4 is 5.32 Å². The second-order valence-electron chi connectivity index (χ2n) is 10.1.